The molecule has 2 amide bonds. The first-order chi connectivity index (χ1) is 12.6. The average Bonchev–Trinajstić information content (AvgIpc) is 3.15. The molecule has 1 unspecified atom stereocenters. The van der Waals surface area contributed by atoms with Crippen LogP contribution in [0.3, 0.4) is 0 Å². The minimum Gasteiger partial charge on any atom is -0.376 e. The molecule has 0 saturated carbocycles. The fourth-order valence-corrected chi connectivity index (χ4v) is 2.98. The third-order valence-electron chi connectivity index (χ3n) is 4.35. The Hall–Kier alpha value is -2.73. The van der Waals surface area contributed by atoms with Crippen LogP contribution in [0.15, 0.2) is 48.8 Å². The molecular weight excluding hydrogens is 330 g/mol. The highest BCUT2D eigenvalue weighted by Crippen LogP contribution is 2.17. The van der Waals surface area contributed by atoms with Gasteiger partial charge in [0, 0.05) is 43.3 Å². The maximum atomic E-state index is 12.8. The topological polar surface area (TPSA) is 71.5 Å². The van der Waals surface area contributed by atoms with Crippen molar-refractivity contribution in [3.8, 4) is 0 Å². The number of aromatic nitrogens is 1. The normalized spacial score (nSPS) is 16.3. The second kappa shape index (κ2) is 8.58. The molecule has 26 heavy (non-hydrogen) atoms. The molecule has 1 N–H and O–H groups in total. The smallest absolute Gasteiger partial charge is 0.322 e. The molecule has 0 radical (unpaired) electrons. The number of carbonyl (C=O) groups is 2. The number of hydrogen-bond donors (Lipinski definition) is 1. The van der Waals surface area contributed by atoms with Crippen LogP contribution in [0.2, 0.25) is 0 Å². The highest BCUT2D eigenvalue weighted by atomic mass is 16.5. The number of Topliss-reactive ketones (excluding diaryl/α,β-unsaturated/α-hetero) is 1. The summed E-state index contributed by atoms with van der Waals surface area (Å²) >= 11 is 0. The number of rotatable bonds is 6. The van der Waals surface area contributed by atoms with Gasteiger partial charge in [-0.1, -0.05) is 18.2 Å². The molecular formula is C20H23N3O3. The lowest BCUT2D eigenvalue weighted by Crippen LogP contribution is -2.39. The van der Waals surface area contributed by atoms with E-state index in [4.69, 9.17) is 4.74 Å². The molecule has 3 rings (SSSR count). The monoisotopic (exact) mass is 353 g/mol. The summed E-state index contributed by atoms with van der Waals surface area (Å²) in [7, 11) is 0. The van der Waals surface area contributed by atoms with Gasteiger partial charge in [0.05, 0.1) is 6.10 Å². The van der Waals surface area contributed by atoms with Crippen LogP contribution in [0.1, 0.15) is 35.7 Å². The molecule has 1 atom stereocenters. The first-order valence-corrected chi connectivity index (χ1v) is 8.79. The van der Waals surface area contributed by atoms with E-state index >= 15 is 0 Å². The maximum Gasteiger partial charge on any atom is 0.322 e. The Morgan fingerprint density at radius 2 is 2.19 bits per heavy atom. The van der Waals surface area contributed by atoms with E-state index in [0.29, 0.717) is 24.3 Å². The number of carbonyl (C=O) groups excluding carboxylic acids is 2. The summed E-state index contributed by atoms with van der Waals surface area (Å²) in [6.45, 7) is 3.22. The van der Waals surface area contributed by atoms with Gasteiger partial charge in [-0.3, -0.25) is 9.78 Å². The number of urea groups is 1. The molecule has 136 valence electrons. The van der Waals surface area contributed by atoms with E-state index in [2.05, 4.69) is 10.3 Å². The van der Waals surface area contributed by atoms with Gasteiger partial charge in [-0.25, -0.2) is 4.79 Å². The molecule has 1 aliphatic heterocycles. The molecule has 0 spiro atoms. The van der Waals surface area contributed by atoms with Gasteiger partial charge in [0.25, 0.3) is 0 Å². The third kappa shape index (κ3) is 4.89. The van der Waals surface area contributed by atoms with Crippen LogP contribution in [0.25, 0.3) is 0 Å². The summed E-state index contributed by atoms with van der Waals surface area (Å²) < 4.78 is 5.69. The summed E-state index contributed by atoms with van der Waals surface area (Å²) in [6, 6.07) is 10.5. The van der Waals surface area contributed by atoms with Crippen molar-refractivity contribution in [1.29, 1.82) is 0 Å². The van der Waals surface area contributed by atoms with Crippen LogP contribution in [0, 0.1) is 0 Å². The van der Waals surface area contributed by atoms with Gasteiger partial charge in [-0.05, 0) is 43.5 Å². The zero-order chi connectivity index (χ0) is 18.4. The first kappa shape index (κ1) is 18.1. The highest BCUT2D eigenvalue weighted by molar-refractivity contribution is 5.96. The number of pyridine rings is 1. The van der Waals surface area contributed by atoms with E-state index in [1.165, 1.54) is 6.92 Å². The molecule has 1 aromatic carbocycles. The van der Waals surface area contributed by atoms with Crippen LogP contribution in [-0.2, 0) is 11.3 Å². The van der Waals surface area contributed by atoms with Crippen LogP contribution in [-0.4, -0.2) is 41.0 Å². The van der Waals surface area contributed by atoms with Crippen molar-refractivity contribution < 1.29 is 14.3 Å². The minimum atomic E-state index is -0.218. The standard InChI is InChI=1S/C20H23N3O3/c1-15(24)17-6-2-7-18(11-17)22-20(25)23(14-19-8-4-10-26-19)13-16-5-3-9-21-12-16/h2-3,5-7,9,11-12,19H,4,8,10,13-14H2,1H3,(H,22,25). The van der Waals surface area contributed by atoms with Gasteiger partial charge in [-0.2, -0.15) is 0 Å². The van der Waals surface area contributed by atoms with E-state index in [0.717, 1.165) is 25.0 Å². The van der Waals surface area contributed by atoms with E-state index in [9.17, 15) is 9.59 Å². The summed E-state index contributed by atoms with van der Waals surface area (Å²) in [4.78, 5) is 30.2. The number of nitrogens with one attached hydrogen (secondary N) is 1. The summed E-state index contributed by atoms with van der Waals surface area (Å²) in [5.74, 6) is -0.0346. The van der Waals surface area contributed by atoms with Crippen molar-refractivity contribution in [2.45, 2.75) is 32.4 Å². The largest absolute Gasteiger partial charge is 0.376 e. The SMILES string of the molecule is CC(=O)c1cccc(NC(=O)N(Cc2cccnc2)CC2CCCO2)c1. The van der Waals surface area contributed by atoms with Crippen molar-refractivity contribution in [2.75, 3.05) is 18.5 Å². The van der Waals surface area contributed by atoms with Crippen molar-refractivity contribution >= 4 is 17.5 Å². The molecule has 6 heteroatoms. The van der Waals surface area contributed by atoms with Gasteiger partial charge in [-0.15, -0.1) is 0 Å². The average molecular weight is 353 g/mol. The van der Waals surface area contributed by atoms with Crippen molar-refractivity contribution in [1.82, 2.24) is 9.88 Å². The summed E-state index contributed by atoms with van der Waals surface area (Å²) in [5, 5.41) is 2.89. The Morgan fingerprint density at radius 3 is 2.88 bits per heavy atom. The fraction of sp³-hybridized carbons (Fsp3) is 0.350. The second-order valence-electron chi connectivity index (χ2n) is 6.44. The van der Waals surface area contributed by atoms with Gasteiger partial charge in [0.2, 0.25) is 0 Å². The number of nitrogens with zero attached hydrogens (tertiary/aromatic N) is 2. The first-order valence-electron chi connectivity index (χ1n) is 8.79. The van der Waals surface area contributed by atoms with Crippen LogP contribution < -0.4 is 5.32 Å². The highest BCUT2D eigenvalue weighted by Gasteiger charge is 2.23. The molecule has 1 saturated heterocycles. The van der Waals surface area contributed by atoms with Crippen LogP contribution >= 0.6 is 0 Å². The molecule has 2 aromatic rings. The zero-order valence-electron chi connectivity index (χ0n) is 14.9. The maximum absolute atomic E-state index is 12.8. The lowest BCUT2D eigenvalue weighted by molar-refractivity contribution is 0.0819. The fourth-order valence-electron chi connectivity index (χ4n) is 2.98. The molecule has 0 bridgehead atoms. The Kier molecular flexibility index (Phi) is 5.96. The third-order valence-corrected chi connectivity index (χ3v) is 4.35. The Balaban J connectivity index is 1.72. The van der Waals surface area contributed by atoms with Crippen LogP contribution in [0.5, 0.6) is 0 Å². The lowest BCUT2D eigenvalue weighted by atomic mass is 10.1. The summed E-state index contributed by atoms with van der Waals surface area (Å²) in [5.41, 5.74) is 2.13. The Morgan fingerprint density at radius 1 is 1.31 bits per heavy atom. The number of hydrogen-bond acceptors (Lipinski definition) is 4. The molecule has 0 aliphatic carbocycles. The van der Waals surface area contributed by atoms with E-state index in [1.54, 1.807) is 41.6 Å². The van der Waals surface area contributed by atoms with Gasteiger partial charge in [0.15, 0.2) is 5.78 Å². The number of benzene rings is 1. The van der Waals surface area contributed by atoms with Crippen molar-refractivity contribution in [2.24, 2.45) is 0 Å². The van der Waals surface area contributed by atoms with E-state index < -0.39 is 0 Å². The minimum absolute atomic E-state index is 0.0346. The van der Waals surface area contributed by atoms with Crippen LogP contribution in [0.4, 0.5) is 10.5 Å². The Bertz CT molecular complexity index is 758. The molecule has 2 heterocycles. The van der Waals surface area contributed by atoms with Gasteiger partial charge < -0.3 is 15.0 Å². The van der Waals surface area contributed by atoms with Crippen molar-refractivity contribution in [3.05, 3.63) is 59.9 Å². The summed E-state index contributed by atoms with van der Waals surface area (Å²) in [6.07, 6.45) is 5.50. The molecule has 1 aromatic heterocycles. The lowest BCUT2D eigenvalue weighted by Gasteiger charge is -2.26. The second-order valence-corrected chi connectivity index (χ2v) is 6.44. The quantitative estimate of drug-likeness (QED) is 0.807. The van der Waals surface area contributed by atoms with E-state index in [1.807, 2.05) is 12.1 Å². The number of amides is 2. The molecule has 1 fully saturated rings. The van der Waals surface area contributed by atoms with Crippen molar-refractivity contribution in [3.63, 3.8) is 0 Å². The van der Waals surface area contributed by atoms with Gasteiger partial charge in [0.1, 0.15) is 0 Å². The predicted octanol–water partition coefficient (Wildman–Crippen LogP) is 3.50. The van der Waals surface area contributed by atoms with E-state index in [-0.39, 0.29) is 17.9 Å². The number of anilines is 1. The Labute approximate surface area is 153 Å². The zero-order valence-corrected chi connectivity index (χ0v) is 14.9. The van der Waals surface area contributed by atoms with Gasteiger partial charge >= 0.3 is 6.03 Å². The predicted molar refractivity (Wildman–Crippen MR) is 99.1 cm³/mol. The molecule has 6 nitrogen and oxygen atoms in total. The number of ether oxygens (including phenoxy) is 1. The number of ketones is 1. The molecule has 1 aliphatic rings.